The number of carboxylic acids is 1. The van der Waals surface area contributed by atoms with Crippen LogP contribution in [-0.4, -0.2) is 28.9 Å². The van der Waals surface area contributed by atoms with Gasteiger partial charge in [-0.25, -0.2) is 0 Å². The highest BCUT2D eigenvalue weighted by atomic mass is 35.5. The summed E-state index contributed by atoms with van der Waals surface area (Å²) in [6.45, 7) is 2.48. The summed E-state index contributed by atoms with van der Waals surface area (Å²) in [6.07, 6.45) is 9.36. The van der Waals surface area contributed by atoms with Crippen LogP contribution in [0.15, 0.2) is 30.3 Å². The molecule has 25 heavy (non-hydrogen) atoms. The maximum absolute atomic E-state index is 10.4. The number of piperidine rings is 1. The average molecular weight is 388 g/mol. The summed E-state index contributed by atoms with van der Waals surface area (Å²) in [5, 5.41) is 8.54. The lowest BCUT2D eigenvalue weighted by Gasteiger charge is -2.28. The first-order chi connectivity index (χ1) is 12.0. The van der Waals surface area contributed by atoms with Gasteiger partial charge in [0, 0.05) is 18.8 Å². The molecule has 0 aromatic heterocycles. The van der Waals surface area contributed by atoms with E-state index in [1.807, 2.05) is 0 Å². The zero-order chi connectivity index (χ0) is 18.5. The Bertz CT molecular complexity index is 495. The number of carboxylic acid groups (broad SMARTS) is 1. The molecule has 6 heteroatoms. The van der Waals surface area contributed by atoms with Crippen LogP contribution >= 0.6 is 23.2 Å². The Hall–Kier alpha value is -1.26. The first-order valence-electron chi connectivity index (χ1n) is 8.88. The number of aliphatic carboxylic acids is 1. The number of nitrogens with zero attached hydrogens (tertiary/aromatic N) is 1. The van der Waals surface area contributed by atoms with Crippen molar-refractivity contribution in [3.8, 4) is 0 Å². The fourth-order valence-electron chi connectivity index (χ4n) is 3.14. The van der Waals surface area contributed by atoms with Crippen LogP contribution in [0.25, 0.3) is 0 Å². The fourth-order valence-corrected chi connectivity index (χ4v) is 3.14. The van der Waals surface area contributed by atoms with Gasteiger partial charge in [-0.05, 0) is 67.4 Å². The van der Waals surface area contributed by atoms with Crippen LogP contribution in [0, 0.1) is 5.92 Å². The Morgan fingerprint density at radius 1 is 0.880 bits per heavy atom. The van der Waals surface area contributed by atoms with Crippen molar-refractivity contribution in [2.45, 2.75) is 51.4 Å². The van der Waals surface area contributed by atoms with Crippen molar-refractivity contribution in [3.05, 3.63) is 30.3 Å². The van der Waals surface area contributed by atoms with E-state index in [4.69, 9.17) is 9.90 Å². The van der Waals surface area contributed by atoms with Gasteiger partial charge in [-0.2, -0.15) is 0 Å². The van der Waals surface area contributed by atoms with E-state index in [-0.39, 0.29) is 5.92 Å². The quantitative estimate of drug-likeness (QED) is 0.640. The van der Waals surface area contributed by atoms with Crippen molar-refractivity contribution in [2.75, 3.05) is 18.0 Å². The molecular weight excluding hydrogens is 361 g/mol. The summed E-state index contributed by atoms with van der Waals surface area (Å²) >= 11 is 8.80. The lowest BCUT2D eigenvalue weighted by atomic mass is 9.90. The highest BCUT2D eigenvalue weighted by molar-refractivity contribution is 6.93. The minimum atomic E-state index is -0.889. The Balaban J connectivity index is 0.000000213. The van der Waals surface area contributed by atoms with Crippen LogP contribution in [0.5, 0.6) is 0 Å². The number of carbonyl (C=O) groups excluding carboxylic acids is 1. The fraction of sp³-hybridized carbons (Fsp3) is 0.579. The molecule has 0 atom stereocenters. The van der Waals surface area contributed by atoms with Crippen molar-refractivity contribution in [3.63, 3.8) is 0 Å². The molecule has 1 aromatic carbocycles. The molecule has 4 nitrogen and oxygen atoms in total. The molecule has 140 valence electrons. The summed E-state index contributed by atoms with van der Waals surface area (Å²) in [5.74, 6) is -0.631. The molecular formula is C19H27Cl2NO3. The van der Waals surface area contributed by atoms with E-state index in [0.717, 1.165) is 25.7 Å². The largest absolute Gasteiger partial charge is 0.481 e. The number of anilines is 1. The van der Waals surface area contributed by atoms with Gasteiger partial charge in [0.1, 0.15) is 0 Å². The lowest BCUT2D eigenvalue weighted by molar-refractivity contribution is -0.142. The smallest absolute Gasteiger partial charge is 0.313 e. The molecule has 0 spiro atoms. The molecule has 1 saturated heterocycles. The van der Waals surface area contributed by atoms with Crippen LogP contribution in [0.2, 0.25) is 0 Å². The third-order valence-electron chi connectivity index (χ3n) is 4.43. The summed E-state index contributed by atoms with van der Waals surface area (Å²) in [7, 11) is 0. The molecule has 0 bridgehead atoms. The van der Waals surface area contributed by atoms with E-state index in [0.29, 0.717) is 0 Å². The predicted molar refractivity (Wildman–Crippen MR) is 104 cm³/mol. The number of hydrogen-bond donors (Lipinski definition) is 1. The molecule has 1 heterocycles. The molecule has 1 aromatic rings. The Morgan fingerprint density at radius 3 is 1.80 bits per heavy atom. The number of benzene rings is 1. The molecule has 0 radical (unpaired) electrons. The zero-order valence-electron chi connectivity index (χ0n) is 14.5. The lowest BCUT2D eigenvalue weighted by Crippen LogP contribution is -2.29. The summed E-state index contributed by atoms with van der Waals surface area (Å²) < 4.78 is -0.889. The van der Waals surface area contributed by atoms with E-state index in [1.54, 1.807) is 0 Å². The normalized spacial score (nSPS) is 17.4. The molecule has 1 aliphatic carbocycles. The Kier molecular flexibility index (Phi) is 11.3. The van der Waals surface area contributed by atoms with Gasteiger partial charge in [0.25, 0.3) is 0 Å². The van der Waals surface area contributed by atoms with Crippen LogP contribution < -0.4 is 4.90 Å². The highest BCUT2D eigenvalue weighted by Gasteiger charge is 2.19. The molecule has 2 fully saturated rings. The summed E-state index contributed by atoms with van der Waals surface area (Å²) in [5.41, 5.74) is 1.39. The molecule has 2 aliphatic rings. The topological polar surface area (TPSA) is 57.6 Å². The molecule has 1 saturated carbocycles. The van der Waals surface area contributed by atoms with Gasteiger partial charge in [0.2, 0.25) is 0 Å². The van der Waals surface area contributed by atoms with Crippen molar-refractivity contribution in [1.82, 2.24) is 0 Å². The molecule has 0 unspecified atom stereocenters. The monoisotopic (exact) mass is 387 g/mol. The summed E-state index contributed by atoms with van der Waals surface area (Å²) in [6, 6.07) is 10.7. The van der Waals surface area contributed by atoms with Gasteiger partial charge < -0.3 is 10.0 Å². The molecule has 1 N–H and O–H groups in total. The van der Waals surface area contributed by atoms with Gasteiger partial charge >= 0.3 is 10.7 Å². The number of hydrogen-bond acceptors (Lipinski definition) is 3. The van der Waals surface area contributed by atoms with Crippen molar-refractivity contribution in [1.29, 1.82) is 0 Å². The van der Waals surface area contributed by atoms with Crippen LogP contribution in [0.3, 0.4) is 0 Å². The molecule has 0 amide bonds. The number of para-hydroxylation sites is 1. The maximum Gasteiger partial charge on any atom is 0.313 e. The van der Waals surface area contributed by atoms with Crippen molar-refractivity contribution < 1.29 is 14.7 Å². The van der Waals surface area contributed by atoms with Crippen molar-refractivity contribution >= 4 is 39.6 Å². The van der Waals surface area contributed by atoms with Gasteiger partial charge in [-0.1, -0.05) is 37.5 Å². The van der Waals surface area contributed by atoms with Crippen LogP contribution in [0.4, 0.5) is 10.5 Å². The van der Waals surface area contributed by atoms with Gasteiger partial charge in [-0.3, -0.25) is 9.59 Å². The minimum absolute atomic E-state index is 0.0289. The Morgan fingerprint density at radius 2 is 1.36 bits per heavy atom. The van der Waals surface area contributed by atoms with E-state index < -0.39 is 10.7 Å². The zero-order valence-corrected chi connectivity index (χ0v) is 16.0. The summed E-state index contributed by atoms with van der Waals surface area (Å²) in [4.78, 5) is 21.8. The van der Waals surface area contributed by atoms with Gasteiger partial charge in [0.05, 0.1) is 5.92 Å². The predicted octanol–water partition coefficient (Wildman–Crippen LogP) is 5.91. The second-order valence-electron chi connectivity index (χ2n) is 6.28. The van der Waals surface area contributed by atoms with E-state index in [9.17, 15) is 4.79 Å². The van der Waals surface area contributed by atoms with E-state index >= 15 is 0 Å². The second-order valence-corrected chi connectivity index (χ2v) is 7.16. The first-order valence-corrected chi connectivity index (χ1v) is 9.64. The number of halogens is 2. The van der Waals surface area contributed by atoms with E-state index in [2.05, 4.69) is 58.4 Å². The maximum atomic E-state index is 10.4. The first kappa shape index (κ1) is 21.8. The SMILES string of the molecule is O=C(Cl)Cl.O=C(O)C1CCCCC1.c1ccc(N2CCCCC2)cc1. The van der Waals surface area contributed by atoms with Crippen LogP contribution in [0.1, 0.15) is 51.4 Å². The van der Waals surface area contributed by atoms with Gasteiger partial charge in [0.15, 0.2) is 0 Å². The van der Waals surface area contributed by atoms with Crippen molar-refractivity contribution in [2.24, 2.45) is 5.92 Å². The third-order valence-corrected chi connectivity index (χ3v) is 4.43. The number of carbonyl (C=O) groups is 2. The average Bonchev–Trinajstić information content (AvgIpc) is 2.64. The van der Waals surface area contributed by atoms with Crippen LogP contribution in [-0.2, 0) is 4.79 Å². The van der Waals surface area contributed by atoms with E-state index in [1.165, 1.54) is 44.5 Å². The minimum Gasteiger partial charge on any atom is -0.481 e. The highest BCUT2D eigenvalue weighted by Crippen LogP contribution is 2.23. The second kappa shape index (κ2) is 13.0. The third kappa shape index (κ3) is 10.4. The van der Waals surface area contributed by atoms with Gasteiger partial charge in [-0.15, -0.1) is 0 Å². The Labute approximate surface area is 160 Å². The standard InChI is InChI=1S/C11H15N.C7H12O2.CCl2O/c1-3-7-11(8-4-1)12-9-5-2-6-10-12;8-7(9)6-4-2-1-3-5-6;2-1(3)4/h1,3-4,7-8H,2,5-6,9-10H2;6H,1-5H2,(H,8,9);. The molecule has 1 aliphatic heterocycles. The molecule has 3 rings (SSSR count). The number of rotatable bonds is 2.